The van der Waals surface area contributed by atoms with E-state index in [4.69, 9.17) is 4.98 Å². The number of amides is 1. The average molecular weight is 432 g/mol. The maximum atomic E-state index is 14.4. The number of carbonyl (C=O) groups excluding carboxylic acids is 2. The number of halogens is 1. The van der Waals surface area contributed by atoms with Crippen LogP contribution in [0.15, 0.2) is 60.8 Å². The largest absolute Gasteiger partial charge is 0.465 e. The summed E-state index contributed by atoms with van der Waals surface area (Å²) >= 11 is 0. The number of methoxy groups -OCH3 is 1. The van der Waals surface area contributed by atoms with Crippen LogP contribution in [-0.4, -0.2) is 33.8 Å². The van der Waals surface area contributed by atoms with Gasteiger partial charge >= 0.3 is 5.97 Å². The van der Waals surface area contributed by atoms with E-state index < -0.39 is 17.7 Å². The Morgan fingerprint density at radius 2 is 1.84 bits per heavy atom. The summed E-state index contributed by atoms with van der Waals surface area (Å²) < 4.78 is 20.8. The van der Waals surface area contributed by atoms with Crippen LogP contribution in [0.5, 0.6) is 0 Å². The Morgan fingerprint density at radius 3 is 2.53 bits per heavy atom. The number of carbonyl (C=O) groups is 2. The molecule has 0 unspecified atom stereocenters. The molecule has 0 aliphatic carbocycles. The molecule has 32 heavy (non-hydrogen) atoms. The Labute approximate surface area is 183 Å². The van der Waals surface area contributed by atoms with E-state index in [9.17, 15) is 14.0 Å². The second-order valence-electron chi connectivity index (χ2n) is 7.48. The summed E-state index contributed by atoms with van der Waals surface area (Å²) in [6, 6.07) is 14.8. The standard InChI is InChI=1S/C24H21FN4O3/c1-14(2)29-22-18(13-26-29)17(12-20(27-22)15-7-5-4-6-8-15)23(30)28-21-11-16(24(31)32-3)9-10-19(21)25/h4-14H,1-3H3,(H,28,30). The number of anilines is 1. The number of ether oxygens (including phenoxy) is 1. The Morgan fingerprint density at radius 1 is 1.09 bits per heavy atom. The van der Waals surface area contributed by atoms with Crippen LogP contribution in [0, 0.1) is 5.82 Å². The number of nitrogens with one attached hydrogen (secondary N) is 1. The minimum absolute atomic E-state index is 0.0242. The van der Waals surface area contributed by atoms with Gasteiger partial charge in [-0.1, -0.05) is 30.3 Å². The highest BCUT2D eigenvalue weighted by Crippen LogP contribution is 2.27. The van der Waals surface area contributed by atoms with Crippen LogP contribution in [0.3, 0.4) is 0 Å². The molecule has 1 amide bonds. The van der Waals surface area contributed by atoms with Gasteiger partial charge in [-0.3, -0.25) is 4.79 Å². The van der Waals surface area contributed by atoms with E-state index in [-0.39, 0.29) is 17.3 Å². The molecule has 4 aromatic rings. The van der Waals surface area contributed by atoms with Crippen molar-refractivity contribution in [1.29, 1.82) is 0 Å². The highest BCUT2D eigenvalue weighted by Gasteiger charge is 2.20. The van der Waals surface area contributed by atoms with Gasteiger partial charge in [0.2, 0.25) is 0 Å². The van der Waals surface area contributed by atoms with Gasteiger partial charge in [-0.05, 0) is 38.1 Å². The van der Waals surface area contributed by atoms with Crippen molar-refractivity contribution in [1.82, 2.24) is 14.8 Å². The van der Waals surface area contributed by atoms with Crippen molar-refractivity contribution in [3.63, 3.8) is 0 Å². The lowest BCUT2D eigenvalue weighted by molar-refractivity contribution is 0.0600. The lowest BCUT2D eigenvalue weighted by atomic mass is 10.1. The Bertz CT molecular complexity index is 1320. The van der Waals surface area contributed by atoms with Crippen LogP contribution in [0.4, 0.5) is 10.1 Å². The van der Waals surface area contributed by atoms with Gasteiger partial charge in [0.15, 0.2) is 5.65 Å². The molecule has 8 heteroatoms. The number of hydrogen-bond donors (Lipinski definition) is 1. The van der Waals surface area contributed by atoms with Crippen LogP contribution >= 0.6 is 0 Å². The van der Waals surface area contributed by atoms with E-state index in [0.717, 1.165) is 11.6 Å². The summed E-state index contributed by atoms with van der Waals surface area (Å²) in [5, 5.41) is 7.50. The fraction of sp³-hybridized carbons (Fsp3) is 0.167. The molecule has 0 saturated carbocycles. The third-order valence-corrected chi connectivity index (χ3v) is 5.01. The molecule has 2 aromatic carbocycles. The average Bonchev–Trinajstić information content (AvgIpc) is 3.24. The number of pyridine rings is 1. The van der Waals surface area contributed by atoms with Gasteiger partial charge in [0, 0.05) is 11.6 Å². The first-order valence-corrected chi connectivity index (χ1v) is 10.0. The molecule has 162 valence electrons. The maximum absolute atomic E-state index is 14.4. The highest BCUT2D eigenvalue weighted by atomic mass is 19.1. The number of nitrogens with zero attached hydrogens (tertiary/aromatic N) is 3. The molecule has 0 spiro atoms. The monoisotopic (exact) mass is 432 g/mol. The van der Waals surface area contributed by atoms with E-state index in [2.05, 4.69) is 15.2 Å². The molecule has 1 N–H and O–H groups in total. The summed E-state index contributed by atoms with van der Waals surface area (Å²) in [5.74, 6) is -1.84. The molecular weight excluding hydrogens is 411 g/mol. The summed E-state index contributed by atoms with van der Waals surface area (Å²) in [6.45, 7) is 3.94. The van der Waals surface area contributed by atoms with Crippen LogP contribution in [0.25, 0.3) is 22.3 Å². The first-order valence-electron chi connectivity index (χ1n) is 10.0. The number of esters is 1. The minimum atomic E-state index is -0.669. The van der Waals surface area contributed by atoms with Gasteiger partial charge in [0.1, 0.15) is 5.82 Å². The second kappa shape index (κ2) is 8.58. The zero-order chi connectivity index (χ0) is 22.8. The first kappa shape index (κ1) is 21.2. The van der Waals surface area contributed by atoms with Gasteiger partial charge in [-0.2, -0.15) is 5.10 Å². The van der Waals surface area contributed by atoms with E-state index in [1.165, 1.54) is 19.2 Å². The molecule has 4 rings (SSSR count). The molecule has 2 heterocycles. The summed E-state index contributed by atoms with van der Waals surface area (Å²) in [4.78, 5) is 29.8. The number of rotatable bonds is 5. The molecule has 0 atom stereocenters. The molecule has 7 nitrogen and oxygen atoms in total. The van der Waals surface area contributed by atoms with E-state index in [1.807, 2.05) is 44.2 Å². The zero-order valence-corrected chi connectivity index (χ0v) is 17.8. The van der Waals surface area contributed by atoms with E-state index in [1.54, 1.807) is 16.9 Å². The highest BCUT2D eigenvalue weighted by molar-refractivity contribution is 6.13. The van der Waals surface area contributed by atoms with Gasteiger partial charge in [0.25, 0.3) is 5.91 Å². The topological polar surface area (TPSA) is 86.1 Å². The smallest absolute Gasteiger partial charge is 0.337 e. The van der Waals surface area contributed by atoms with Crippen molar-refractivity contribution >= 4 is 28.6 Å². The normalized spacial score (nSPS) is 11.0. The van der Waals surface area contributed by atoms with Crippen LogP contribution < -0.4 is 5.32 Å². The van der Waals surface area contributed by atoms with Crippen molar-refractivity contribution < 1.29 is 18.7 Å². The summed E-state index contributed by atoms with van der Waals surface area (Å²) in [7, 11) is 1.23. The molecular formula is C24H21FN4O3. The second-order valence-corrected chi connectivity index (χ2v) is 7.48. The van der Waals surface area contributed by atoms with Crippen LogP contribution in [-0.2, 0) is 4.74 Å². The van der Waals surface area contributed by atoms with Crippen LogP contribution in [0.2, 0.25) is 0 Å². The van der Waals surface area contributed by atoms with Gasteiger partial charge in [-0.25, -0.2) is 18.9 Å². The van der Waals surface area contributed by atoms with Crippen molar-refractivity contribution in [2.45, 2.75) is 19.9 Å². The molecule has 2 aromatic heterocycles. The lowest BCUT2D eigenvalue weighted by Crippen LogP contribution is -2.15. The Balaban J connectivity index is 1.81. The maximum Gasteiger partial charge on any atom is 0.337 e. The minimum Gasteiger partial charge on any atom is -0.465 e. The molecule has 0 radical (unpaired) electrons. The number of benzene rings is 2. The van der Waals surface area contributed by atoms with Gasteiger partial charge in [0.05, 0.1) is 41.2 Å². The van der Waals surface area contributed by atoms with Crippen LogP contribution in [0.1, 0.15) is 40.6 Å². The van der Waals surface area contributed by atoms with Crippen molar-refractivity contribution in [2.24, 2.45) is 0 Å². The van der Waals surface area contributed by atoms with Crippen molar-refractivity contribution in [3.05, 3.63) is 77.7 Å². The molecule has 0 aliphatic heterocycles. The SMILES string of the molecule is COC(=O)c1ccc(F)c(NC(=O)c2cc(-c3ccccc3)nc3c2cnn3C(C)C)c1. The summed E-state index contributed by atoms with van der Waals surface area (Å²) in [5.41, 5.74) is 2.27. The van der Waals surface area contributed by atoms with E-state index in [0.29, 0.717) is 22.3 Å². The third kappa shape index (κ3) is 3.94. The Kier molecular flexibility index (Phi) is 5.68. The fourth-order valence-electron chi connectivity index (χ4n) is 3.40. The third-order valence-electron chi connectivity index (χ3n) is 5.01. The molecule has 0 aliphatic rings. The first-order chi connectivity index (χ1) is 15.4. The predicted molar refractivity (Wildman–Crippen MR) is 119 cm³/mol. The summed E-state index contributed by atoms with van der Waals surface area (Å²) in [6.07, 6.45) is 1.58. The van der Waals surface area contributed by atoms with Gasteiger partial charge < -0.3 is 10.1 Å². The molecule has 0 bridgehead atoms. The lowest BCUT2D eigenvalue weighted by Gasteiger charge is -2.12. The predicted octanol–water partition coefficient (Wildman–Crippen LogP) is 4.86. The number of hydrogen-bond acceptors (Lipinski definition) is 5. The zero-order valence-electron chi connectivity index (χ0n) is 17.8. The Hall–Kier alpha value is -4.07. The molecule has 0 saturated heterocycles. The van der Waals surface area contributed by atoms with Gasteiger partial charge in [-0.15, -0.1) is 0 Å². The number of fused-ring (bicyclic) bond motifs is 1. The fourth-order valence-corrected chi connectivity index (χ4v) is 3.40. The van der Waals surface area contributed by atoms with E-state index >= 15 is 0 Å². The number of aromatic nitrogens is 3. The quantitative estimate of drug-likeness (QED) is 0.455. The van der Waals surface area contributed by atoms with Crippen molar-refractivity contribution in [3.8, 4) is 11.3 Å². The van der Waals surface area contributed by atoms with Crippen molar-refractivity contribution in [2.75, 3.05) is 12.4 Å². The molecule has 0 fully saturated rings.